The molecule has 0 fully saturated rings. The van der Waals surface area contributed by atoms with E-state index in [2.05, 4.69) is 5.32 Å². The first kappa shape index (κ1) is 13.0. The van der Waals surface area contributed by atoms with E-state index in [1.54, 1.807) is 7.11 Å². The summed E-state index contributed by atoms with van der Waals surface area (Å²) in [5.74, 6) is 0.915. The smallest absolute Gasteiger partial charge is 0.124 e. The summed E-state index contributed by atoms with van der Waals surface area (Å²) in [6.07, 6.45) is -0.465. The monoisotopic (exact) mass is 223 g/mol. The van der Waals surface area contributed by atoms with Gasteiger partial charge in [0.2, 0.25) is 0 Å². The maximum Gasteiger partial charge on any atom is 0.124 e. The Hall–Kier alpha value is -1.06. The van der Waals surface area contributed by atoms with E-state index in [-0.39, 0.29) is 0 Å². The van der Waals surface area contributed by atoms with Crippen LogP contribution in [0.2, 0.25) is 0 Å². The number of nitrogens with one attached hydrogen (secondary N) is 1. The van der Waals surface area contributed by atoms with Crippen LogP contribution in [0.5, 0.6) is 5.75 Å². The number of aryl methyl sites for hydroxylation is 1. The molecule has 0 saturated carbocycles. The van der Waals surface area contributed by atoms with Gasteiger partial charge in [-0.15, -0.1) is 0 Å². The Labute approximate surface area is 97.4 Å². The number of rotatable bonds is 4. The van der Waals surface area contributed by atoms with E-state index < -0.39 is 6.10 Å². The third-order valence-corrected chi connectivity index (χ3v) is 3.03. The van der Waals surface area contributed by atoms with E-state index in [0.717, 1.165) is 28.0 Å². The lowest BCUT2D eigenvalue weighted by Gasteiger charge is -2.19. The van der Waals surface area contributed by atoms with Crippen LogP contribution in [0.15, 0.2) is 6.07 Å². The van der Waals surface area contributed by atoms with Gasteiger partial charge < -0.3 is 15.2 Å². The number of benzene rings is 1. The van der Waals surface area contributed by atoms with E-state index in [1.165, 1.54) is 0 Å². The summed E-state index contributed by atoms with van der Waals surface area (Å²) in [7, 11) is 3.51. The Morgan fingerprint density at radius 1 is 1.31 bits per heavy atom. The Morgan fingerprint density at radius 3 is 2.44 bits per heavy atom. The summed E-state index contributed by atoms with van der Waals surface area (Å²) >= 11 is 0. The molecule has 1 rings (SSSR count). The lowest BCUT2D eigenvalue weighted by Crippen LogP contribution is -2.18. The fraction of sp³-hybridized carbons (Fsp3) is 0.538. The summed E-state index contributed by atoms with van der Waals surface area (Å²) in [4.78, 5) is 0. The number of hydrogen-bond donors (Lipinski definition) is 2. The van der Waals surface area contributed by atoms with Crippen molar-refractivity contribution in [2.24, 2.45) is 0 Å². The van der Waals surface area contributed by atoms with Crippen LogP contribution in [-0.4, -0.2) is 25.8 Å². The van der Waals surface area contributed by atoms with Gasteiger partial charge in [-0.1, -0.05) is 0 Å². The summed E-state index contributed by atoms with van der Waals surface area (Å²) < 4.78 is 5.35. The van der Waals surface area contributed by atoms with Gasteiger partial charge in [0, 0.05) is 6.54 Å². The average molecular weight is 223 g/mol. The van der Waals surface area contributed by atoms with Crippen LogP contribution in [0.25, 0.3) is 0 Å². The first-order valence-electron chi connectivity index (χ1n) is 5.50. The number of aliphatic hydroxyl groups excluding tert-OH is 1. The molecule has 1 aromatic rings. The molecular weight excluding hydrogens is 202 g/mol. The second kappa shape index (κ2) is 5.32. The van der Waals surface area contributed by atoms with Crippen molar-refractivity contribution < 1.29 is 9.84 Å². The summed E-state index contributed by atoms with van der Waals surface area (Å²) in [6, 6.07) is 2.00. The predicted molar refractivity (Wildman–Crippen MR) is 66.1 cm³/mol. The second-order valence-corrected chi connectivity index (χ2v) is 4.14. The molecule has 0 radical (unpaired) electrons. The van der Waals surface area contributed by atoms with Gasteiger partial charge in [0.05, 0.1) is 13.2 Å². The van der Waals surface area contributed by atoms with Crippen molar-refractivity contribution in [3.05, 3.63) is 28.3 Å². The van der Waals surface area contributed by atoms with E-state index in [9.17, 15) is 5.11 Å². The van der Waals surface area contributed by atoms with Gasteiger partial charge in [0.25, 0.3) is 0 Å². The topological polar surface area (TPSA) is 41.5 Å². The highest BCUT2D eigenvalue weighted by molar-refractivity contribution is 5.49. The van der Waals surface area contributed by atoms with Gasteiger partial charge >= 0.3 is 0 Å². The molecule has 1 atom stereocenters. The number of ether oxygens (including phenoxy) is 1. The lowest BCUT2D eigenvalue weighted by molar-refractivity contribution is 0.177. The molecule has 0 saturated heterocycles. The fourth-order valence-electron chi connectivity index (χ4n) is 2.05. The summed E-state index contributed by atoms with van der Waals surface area (Å²) in [6.45, 7) is 6.61. The largest absolute Gasteiger partial charge is 0.496 e. The number of methoxy groups -OCH3 is 1. The van der Waals surface area contributed by atoms with E-state index in [0.29, 0.717) is 6.54 Å². The van der Waals surface area contributed by atoms with Crippen molar-refractivity contribution in [1.82, 2.24) is 5.32 Å². The molecule has 2 N–H and O–H groups in total. The van der Waals surface area contributed by atoms with Gasteiger partial charge in [-0.2, -0.15) is 0 Å². The van der Waals surface area contributed by atoms with Crippen LogP contribution < -0.4 is 10.1 Å². The standard InChI is InChI=1S/C13H21NO2/c1-8-6-11(12(15)7-14-4)9(2)10(3)13(8)16-5/h6,12,14-15H,7H2,1-5H3. The van der Waals surface area contributed by atoms with Crippen LogP contribution in [0.3, 0.4) is 0 Å². The molecule has 1 unspecified atom stereocenters. The lowest BCUT2D eigenvalue weighted by atomic mass is 9.95. The molecule has 3 nitrogen and oxygen atoms in total. The molecule has 0 aromatic heterocycles. The molecular formula is C13H21NO2. The molecule has 1 aromatic carbocycles. The summed E-state index contributed by atoms with van der Waals surface area (Å²) in [5, 5.41) is 13.0. The van der Waals surface area contributed by atoms with Crippen molar-refractivity contribution in [2.75, 3.05) is 20.7 Å². The Kier molecular flexibility index (Phi) is 4.33. The third kappa shape index (κ3) is 2.36. The van der Waals surface area contributed by atoms with Gasteiger partial charge in [-0.25, -0.2) is 0 Å². The van der Waals surface area contributed by atoms with E-state index in [1.807, 2.05) is 33.9 Å². The van der Waals surface area contributed by atoms with Crippen molar-refractivity contribution in [2.45, 2.75) is 26.9 Å². The average Bonchev–Trinajstić information content (AvgIpc) is 2.24. The quantitative estimate of drug-likeness (QED) is 0.819. The van der Waals surface area contributed by atoms with Crippen molar-refractivity contribution in [3.8, 4) is 5.75 Å². The fourth-order valence-corrected chi connectivity index (χ4v) is 2.05. The molecule has 0 heterocycles. The first-order valence-corrected chi connectivity index (χ1v) is 5.50. The zero-order chi connectivity index (χ0) is 12.3. The van der Waals surface area contributed by atoms with Crippen molar-refractivity contribution in [1.29, 1.82) is 0 Å². The van der Waals surface area contributed by atoms with Gasteiger partial charge in [0.1, 0.15) is 5.75 Å². The maximum atomic E-state index is 10.0. The number of likely N-dealkylation sites (N-methyl/N-ethyl adjacent to an activating group) is 1. The SMILES string of the molecule is CNCC(O)c1cc(C)c(OC)c(C)c1C. The van der Waals surface area contributed by atoms with Crippen LogP contribution in [0, 0.1) is 20.8 Å². The number of hydrogen-bond acceptors (Lipinski definition) is 3. The Balaban J connectivity index is 3.22. The normalized spacial score (nSPS) is 12.6. The first-order chi connectivity index (χ1) is 7.52. The van der Waals surface area contributed by atoms with Crippen molar-refractivity contribution in [3.63, 3.8) is 0 Å². The minimum absolute atomic E-state index is 0.465. The molecule has 0 aliphatic rings. The van der Waals surface area contributed by atoms with E-state index in [4.69, 9.17) is 4.74 Å². The van der Waals surface area contributed by atoms with Crippen LogP contribution >= 0.6 is 0 Å². The van der Waals surface area contributed by atoms with Crippen LogP contribution in [0.1, 0.15) is 28.4 Å². The van der Waals surface area contributed by atoms with Gasteiger partial charge in [-0.05, 0) is 56.1 Å². The Bertz CT molecular complexity index is 375. The minimum Gasteiger partial charge on any atom is -0.496 e. The van der Waals surface area contributed by atoms with Gasteiger partial charge in [0.15, 0.2) is 0 Å². The molecule has 3 heteroatoms. The Morgan fingerprint density at radius 2 is 1.94 bits per heavy atom. The maximum absolute atomic E-state index is 10.0. The van der Waals surface area contributed by atoms with Crippen LogP contribution in [0.4, 0.5) is 0 Å². The highest BCUT2D eigenvalue weighted by Crippen LogP contribution is 2.31. The predicted octanol–water partition coefficient (Wildman–Crippen LogP) is 1.87. The van der Waals surface area contributed by atoms with Crippen molar-refractivity contribution >= 4 is 0 Å². The molecule has 0 spiro atoms. The zero-order valence-electron chi connectivity index (χ0n) is 10.7. The third-order valence-electron chi connectivity index (χ3n) is 3.03. The second-order valence-electron chi connectivity index (χ2n) is 4.14. The highest BCUT2D eigenvalue weighted by atomic mass is 16.5. The van der Waals surface area contributed by atoms with E-state index >= 15 is 0 Å². The summed E-state index contributed by atoms with van der Waals surface area (Å²) in [5.41, 5.74) is 4.25. The molecule has 90 valence electrons. The molecule has 16 heavy (non-hydrogen) atoms. The van der Waals surface area contributed by atoms with Gasteiger partial charge in [-0.3, -0.25) is 0 Å². The molecule has 0 aliphatic carbocycles. The molecule has 0 aliphatic heterocycles. The number of aliphatic hydroxyl groups is 1. The highest BCUT2D eigenvalue weighted by Gasteiger charge is 2.15. The minimum atomic E-state index is -0.465. The molecule has 0 bridgehead atoms. The molecule has 0 amide bonds. The zero-order valence-corrected chi connectivity index (χ0v) is 10.7. The van der Waals surface area contributed by atoms with Crippen LogP contribution in [-0.2, 0) is 0 Å².